The maximum absolute atomic E-state index is 11.4. The van der Waals surface area contributed by atoms with Crippen molar-refractivity contribution in [1.29, 1.82) is 0 Å². The predicted molar refractivity (Wildman–Crippen MR) is 62.7 cm³/mol. The van der Waals surface area contributed by atoms with Crippen LogP contribution in [-0.2, 0) is 21.1 Å². The summed E-state index contributed by atoms with van der Waals surface area (Å²) < 4.78 is 22.7. The topological polar surface area (TPSA) is 87.2 Å². The molecule has 0 amide bonds. The molecule has 1 aromatic heterocycles. The van der Waals surface area contributed by atoms with Gasteiger partial charge in [-0.25, -0.2) is 8.42 Å². The highest BCUT2D eigenvalue weighted by molar-refractivity contribution is 7.90. The number of benzene rings is 1. The van der Waals surface area contributed by atoms with Crippen LogP contribution in [-0.4, -0.2) is 30.7 Å². The third-order valence-electron chi connectivity index (χ3n) is 2.42. The zero-order valence-electron chi connectivity index (χ0n) is 9.10. The summed E-state index contributed by atoms with van der Waals surface area (Å²) in [5.74, 6) is -0.931. The van der Waals surface area contributed by atoms with Crippen molar-refractivity contribution >= 4 is 26.7 Å². The van der Waals surface area contributed by atoms with E-state index < -0.39 is 15.8 Å². The Bertz CT molecular complexity index is 685. The molecule has 17 heavy (non-hydrogen) atoms. The third kappa shape index (κ3) is 2.47. The molecule has 0 aliphatic carbocycles. The van der Waals surface area contributed by atoms with Gasteiger partial charge in [0.2, 0.25) is 0 Å². The van der Waals surface area contributed by atoms with Crippen LogP contribution in [0.5, 0.6) is 0 Å². The average Bonchev–Trinajstić information content (AvgIpc) is 2.55. The van der Waals surface area contributed by atoms with Gasteiger partial charge < -0.3 is 10.1 Å². The molecule has 0 radical (unpaired) electrons. The first-order valence-corrected chi connectivity index (χ1v) is 6.79. The Morgan fingerprint density at radius 2 is 2.06 bits per heavy atom. The first-order chi connectivity index (χ1) is 7.86. The molecule has 6 heteroatoms. The second-order valence-electron chi connectivity index (χ2n) is 3.89. The molecule has 0 spiro atoms. The van der Waals surface area contributed by atoms with Gasteiger partial charge in [-0.05, 0) is 23.6 Å². The largest absolute Gasteiger partial charge is 0.481 e. The zero-order valence-corrected chi connectivity index (χ0v) is 9.91. The van der Waals surface area contributed by atoms with E-state index in [2.05, 4.69) is 4.98 Å². The standard InChI is InChI=1S/C11H11NO4S/c1-17(15,16)9-3-2-7-4-8(5-11(13)14)12-10(7)6-9/h2-4,6,12H,5H2,1H3,(H,13,14). The number of aromatic nitrogens is 1. The van der Waals surface area contributed by atoms with Gasteiger partial charge in [-0.2, -0.15) is 0 Å². The molecule has 2 aromatic rings. The predicted octanol–water partition coefficient (Wildman–Crippen LogP) is 1.20. The molecule has 0 unspecified atom stereocenters. The van der Waals surface area contributed by atoms with E-state index in [0.717, 1.165) is 11.6 Å². The number of H-pyrrole nitrogens is 1. The van der Waals surface area contributed by atoms with Gasteiger partial charge in [-0.1, -0.05) is 6.07 Å². The Labute approximate surface area is 98.0 Å². The van der Waals surface area contributed by atoms with Crippen molar-refractivity contribution in [2.45, 2.75) is 11.3 Å². The number of hydrogen-bond donors (Lipinski definition) is 2. The number of carboxylic acids is 1. The summed E-state index contributed by atoms with van der Waals surface area (Å²) in [6, 6.07) is 6.38. The van der Waals surface area contributed by atoms with Gasteiger partial charge in [0.15, 0.2) is 9.84 Å². The fraction of sp³-hybridized carbons (Fsp3) is 0.182. The van der Waals surface area contributed by atoms with E-state index in [1.54, 1.807) is 12.1 Å². The molecule has 2 rings (SSSR count). The summed E-state index contributed by atoms with van der Waals surface area (Å²) in [6.07, 6.45) is 1.03. The molecule has 0 saturated heterocycles. The lowest BCUT2D eigenvalue weighted by molar-refractivity contribution is -0.136. The summed E-state index contributed by atoms with van der Waals surface area (Å²) in [5.41, 5.74) is 1.18. The molecule has 1 heterocycles. The van der Waals surface area contributed by atoms with Crippen molar-refractivity contribution in [3.8, 4) is 0 Å². The normalized spacial score (nSPS) is 11.8. The molecule has 0 aliphatic rings. The minimum atomic E-state index is -3.24. The molecule has 0 atom stereocenters. The first kappa shape index (κ1) is 11.7. The highest BCUT2D eigenvalue weighted by atomic mass is 32.2. The van der Waals surface area contributed by atoms with Gasteiger partial charge in [0.1, 0.15) is 0 Å². The maximum Gasteiger partial charge on any atom is 0.309 e. The van der Waals surface area contributed by atoms with E-state index in [1.165, 1.54) is 12.1 Å². The molecule has 0 bridgehead atoms. The lowest BCUT2D eigenvalue weighted by Crippen LogP contribution is -1.99. The molecule has 2 N–H and O–H groups in total. The van der Waals surface area contributed by atoms with Crippen LogP contribution in [0.25, 0.3) is 10.9 Å². The molecule has 0 saturated carbocycles. The first-order valence-electron chi connectivity index (χ1n) is 4.90. The van der Waals surface area contributed by atoms with Crippen LogP contribution in [0.4, 0.5) is 0 Å². The number of aliphatic carboxylic acids is 1. The molecule has 0 aliphatic heterocycles. The molecule has 5 nitrogen and oxygen atoms in total. The van der Waals surface area contributed by atoms with E-state index in [-0.39, 0.29) is 11.3 Å². The van der Waals surface area contributed by atoms with Crippen LogP contribution in [0, 0.1) is 0 Å². The maximum atomic E-state index is 11.4. The highest BCUT2D eigenvalue weighted by Crippen LogP contribution is 2.20. The average molecular weight is 253 g/mol. The summed E-state index contributed by atoms with van der Waals surface area (Å²) in [6.45, 7) is 0. The lowest BCUT2D eigenvalue weighted by Gasteiger charge is -1.97. The van der Waals surface area contributed by atoms with Crippen molar-refractivity contribution in [1.82, 2.24) is 4.98 Å². The van der Waals surface area contributed by atoms with Crippen LogP contribution >= 0.6 is 0 Å². The van der Waals surface area contributed by atoms with Gasteiger partial charge in [0, 0.05) is 17.5 Å². The Morgan fingerprint density at radius 1 is 1.35 bits per heavy atom. The van der Waals surface area contributed by atoms with Crippen LogP contribution in [0.3, 0.4) is 0 Å². The minimum Gasteiger partial charge on any atom is -0.481 e. The number of carboxylic acid groups (broad SMARTS) is 1. The quantitative estimate of drug-likeness (QED) is 0.860. The number of hydrogen-bond acceptors (Lipinski definition) is 3. The summed E-state index contributed by atoms with van der Waals surface area (Å²) in [4.78, 5) is 13.7. The van der Waals surface area contributed by atoms with E-state index in [0.29, 0.717) is 11.2 Å². The van der Waals surface area contributed by atoms with Crippen LogP contribution in [0.1, 0.15) is 5.69 Å². The van der Waals surface area contributed by atoms with Crippen molar-refractivity contribution in [3.63, 3.8) is 0 Å². The second-order valence-corrected chi connectivity index (χ2v) is 5.90. The van der Waals surface area contributed by atoms with E-state index in [4.69, 9.17) is 5.11 Å². The van der Waals surface area contributed by atoms with E-state index in [1.807, 2.05) is 0 Å². The number of aromatic amines is 1. The van der Waals surface area contributed by atoms with Crippen molar-refractivity contribution in [3.05, 3.63) is 30.0 Å². The fourth-order valence-corrected chi connectivity index (χ4v) is 2.30. The molecule has 90 valence electrons. The number of sulfone groups is 1. The molecular weight excluding hydrogens is 242 g/mol. The summed E-state index contributed by atoms with van der Waals surface area (Å²) in [5, 5.41) is 9.46. The van der Waals surface area contributed by atoms with Gasteiger partial charge in [-0.3, -0.25) is 4.79 Å². The monoisotopic (exact) mass is 253 g/mol. The second kappa shape index (κ2) is 3.89. The van der Waals surface area contributed by atoms with Gasteiger partial charge >= 0.3 is 5.97 Å². The lowest BCUT2D eigenvalue weighted by atomic mass is 10.2. The van der Waals surface area contributed by atoms with Crippen LogP contribution in [0.2, 0.25) is 0 Å². The Morgan fingerprint density at radius 3 is 2.65 bits per heavy atom. The van der Waals surface area contributed by atoms with E-state index in [9.17, 15) is 13.2 Å². The Hall–Kier alpha value is -1.82. The van der Waals surface area contributed by atoms with Gasteiger partial charge in [0.25, 0.3) is 0 Å². The fourth-order valence-electron chi connectivity index (χ4n) is 1.66. The zero-order chi connectivity index (χ0) is 12.6. The molecular formula is C11H11NO4S. The van der Waals surface area contributed by atoms with Crippen molar-refractivity contribution in [2.75, 3.05) is 6.26 Å². The van der Waals surface area contributed by atoms with Gasteiger partial charge in [0.05, 0.1) is 11.3 Å². The Kier molecular flexibility index (Phi) is 2.66. The van der Waals surface area contributed by atoms with E-state index >= 15 is 0 Å². The van der Waals surface area contributed by atoms with Crippen molar-refractivity contribution < 1.29 is 18.3 Å². The van der Waals surface area contributed by atoms with Crippen LogP contribution in [0.15, 0.2) is 29.2 Å². The number of carbonyl (C=O) groups is 1. The van der Waals surface area contributed by atoms with Crippen molar-refractivity contribution in [2.24, 2.45) is 0 Å². The highest BCUT2D eigenvalue weighted by Gasteiger charge is 2.10. The smallest absolute Gasteiger partial charge is 0.309 e. The molecule has 1 aromatic carbocycles. The summed E-state index contributed by atoms with van der Waals surface area (Å²) >= 11 is 0. The Balaban J connectivity index is 2.52. The third-order valence-corrected chi connectivity index (χ3v) is 3.53. The summed E-state index contributed by atoms with van der Waals surface area (Å²) in [7, 11) is -3.24. The molecule has 0 fully saturated rings. The minimum absolute atomic E-state index is 0.108. The number of rotatable bonds is 3. The van der Waals surface area contributed by atoms with Gasteiger partial charge in [-0.15, -0.1) is 0 Å². The number of fused-ring (bicyclic) bond motifs is 1. The number of nitrogens with one attached hydrogen (secondary N) is 1. The van der Waals surface area contributed by atoms with Crippen LogP contribution < -0.4 is 0 Å². The SMILES string of the molecule is CS(=O)(=O)c1ccc2cc(CC(=O)O)[nH]c2c1.